The number of aliphatic hydroxyl groups is 1. The third-order valence-electron chi connectivity index (χ3n) is 4.50. The molecule has 0 radical (unpaired) electrons. The molecule has 0 saturated heterocycles. The largest absolute Gasteiger partial charge is 0.489 e. The number of alkyl carbamates (subject to hydrolysis) is 1. The lowest BCUT2D eigenvalue weighted by Gasteiger charge is -2.20. The molecule has 2 unspecified atom stereocenters. The molecule has 2 atom stereocenters. The Balaban J connectivity index is 1.47. The van der Waals surface area contributed by atoms with E-state index in [1.54, 1.807) is 19.1 Å². The highest BCUT2D eigenvalue weighted by Gasteiger charge is 2.19. The number of rotatable bonds is 8. The van der Waals surface area contributed by atoms with Gasteiger partial charge in [0.15, 0.2) is 0 Å². The first-order chi connectivity index (χ1) is 14.1. The average molecular weight is 391 g/mol. The number of carbonyl (C=O) groups is 1. The van der Waals surface area contributed by atoms with Crippen molar-refractivity contribution in [3.8, 4) is 5.75 Å². The van der Waals surface area contributed by atoms with E-state index in [0.29, 0.717) is 17.9 Å². The fourth-order valence-corrected chi connectivity index (χ4v) is 2.82. The fraction of sp³-hybridized carbons (Fsp3) is 0.208. The lowest BCUT2D eigenvalue weighted by Crippen LogP contribution is -2.37. The molecule has 0 aliphatic carbocycles. The molecule has 5 nitrogen and oxygen atoms in total. The number of aliphatic hydroxyl groups excluding tert-OH is 1. The number of nitrogens with one attached hydrogen (secondary N) is 1. The normalized spacial score (nSPS) is 12.6. The van der Waals surface area contributed by atoms with Gasteiger partial charge in [0.2, 0.25) is 0 Å². The van der Waals surface area contributed by atoms with Crippen LogP contribution in [0.3, 0.4) is 0 Å². The maximum absolute atomic E-state index is 12.0. The van der Waals surface area contributed by atoms with Gasteiger partial charge < -0.3 is 19.9 Å². The van der Waals surface area contributed by atoms with E-state index in [1.165, 1.54) is 0 Å². The standard InChI is InChI=1S/C24H25NO4/c1-18(25-24(27)29-17-20-10-6-3-7-11-20)23(26)21-12-14-22(15-13-21)28-16-19-8-4-2-5-9-19/h2-15,18,23,26H,16-17H2,1H3,(H,25,27). The van der Waals surface area contributed by atoms with Gasteiger partial charge >= 0.3 is 6.09 Å². The maximum Gasteiger partial charge on any atom is 0.407 e. The molecular formula is C24H25NO4. The molecule has 0 saturated carbocycles. The minimum absolute atomic E-state index is 0.183. The topological polar surface area (TPSA) is 67.8 Å². The van der Waals surface area contributed by atoms with Crippen molar-refractivity contribution in [3.63, 3.8) is 0 Å². The number of carbonyl (C=O) groups excluding carboxylic acids is 1. The number of hydrogen-bond donors (Lipinski definition) is 2. The van der Waals surface area contributed by atoms with E-state index in [4.69, 9.17) is 9.47 Å². The summed E-state index contributed by atoms with van der Waals surface area (Å²) in [5.74, 6) is 0.715. The molecule has 3 rings (SSSR count). The first-order valence-corrected chi connectivity index (χ1v) is 9.54. The highest BCUT2D eigenvalue weighted by molar-refractivity contribution is 5.67. The third kappa shape index (κ3) is 6.36. The Bertz CT molecular complexity index is 882. The molecule has 0 aliphatic heterocycles. The second-order valence-corrected chi connectivity index (χ2v) is 6.78. The molecule has 0 heterocycles. The van der Waals surface area contributed by atoms with Gasteiger partial charge in [0.25, 0.3) is 0 Å². The zero-order valence-electron chi connectivity index (χ0n) is 16.3. The molecule has 0 aliphatic rings. The second-order valence-electron chi connectivity index (χ2n) is 6.78. The van der Waals surface area contributed by atoms with Crippen LogP contribution >= 0.6 is 0 Å². The Morgan fingerprint density at radius 3 is 2.00 bits per heavy atom. The molecule has 3 aromatic carbocycles. The summed E-state index contributed by atoms with van der Waals surface area (Å²) in [6, 6.07) is 26.0. The highest BCUT2D eigenvalue weighted by atomic mass is 16.5. The molecule has 5 heteroatoms. The van der Waals surface area contributed by atoms with Gasteiger partial charge in [-0.2, -0.15) is 0 Å². The van der Waals surface area contributed by atoms with Gasteiger partial charge in [-0.25, -0.2) is 4.79 Å². The SMILES string of the molecule is CC(NC(=O)OCc1ccccc1)C(O)c1ccc(OCc2ccccc2)cc1. The summed E-state index contributed by atoms with van der Waals surface area (Å²) in [6.45, 7) is 2.39. The van der Waals surface area contributed by atoms with E-state index in [1.807, 2.05) is 72.8 Å². The third-order valence-corrected chi connectivity index (χ3v) is 4.50. The molecular weight excluding hydrogens is 366 g/mol. The van der Waals surface area contributed by atoms with Gasteiger partial charge in [-0.3, -0.25) is 0 Å². The summed E-state index contributed by atoms with van der Waals surface area (Å²) >= 11 is 0. The van der Waals surface area contributed by atoms with Crippen molar-refractivity contribution in [1.29, 1.82) is 0 Å². The molecule has 0 bridgehead atoms. The van der Waals surface area contributed by atoms with Crippen LogP contribution in [0.25, 0.3) is 0 Å². The van der Waals surface area contributed by atoms with Crippen molar-refractivity contribution < 1.29 is 19.4 Å². The van der Waals surface area contributed by atoms with E-state index in [9.17, 15) is 9.90 Å². The Kier molecular flexibility index (Phi) is 7.25. The summed E-state index contributed by atoms with van der Waals surface area (Å²) in [5.41, 5.74) is 2.68. The number of benzene rings is 3. The van der Waals surface area contributed by atoms with Gasteiger partial charge in [-0.05, 0) is 35.7 Å². The van der Waals surface area contributed by atoms with Crippen molar-refractivity contribution in [2.24, 2.45) is 0 Å². The van der Waals surface area contributed by atoms with Crippen molar-refractivity contribution >= 4 is 6.09 Å². The predicted octanol–water partition coefficient (Wildman–Crippen LogP) is 4.61. The van der Waals surface area contributed by atoms with Crippen LogP contribution in [0.15, 0.2) is 84.9 Å². The van der Waals surface area contributed by atoms with E-state index in [2.05, 4.69) is 5.32 Å². The van der Waals surface area contributed by atoms with E-state index in [-0.39, 0.29) is 6.61 Å². The summed E-state index contributed by atoms with van der Waals surface area (Å²) in [6.07, 6.45) is -1.43. The van der Waals surface area contributed by atoms with Crippen molar-refractivity contribution in [2.75, 3.05) is 0 Å². The van der Waals surface area contributed by atoms with Crippen LogP contribution in [-0.2, 0) is 18.0 Å². The minimum atomic E-state index is -0.859. The van der Waals surface area contributed by atoms with Crippen LogP contribution in [0.4, 0.5) is 4.79 Å². The zero-order valence-corrected chi connectivity index (χ0v) is 16.3. The lowest BCUT2D eigenvalue weighted by atomic mass is 10.0. The van der Waals surface area contributed by atoms with Crippen molar-refractivity contribution in [1.82, 2.24) is 5.32 Å². The lowest BCUT2D eigenvalue weighted by molar-refractivity contribution is 0.106. The average Bonchev–Trinajstić information content (AvgIpc) is 2.77. The van der Waals surface area contributed by atoms with Crippen LogP contribution in [-0.4, -0.2) is 17.2 Å². The first-order valence-electron chi connectivity index (χ1n) is 9.54. The minimum Gasteiger partial charge on any atom is -0.489 e. The van der Waals surface area contributed by atoms with E-state index < -0.39 is 18.2 Å². The molecule has 1 amide bonds. The van der Waals surface area contributed by atoms with Gasteiger partial charge in [0.05, 0.1) is 12.1 Å². The fourth-order valence-electron chi connectivity index (χ4n) is 2.82. The van der Waals surface area contributed by atoms with Gasteiger partial charge in [-0.15, -0.1) is 0 Å². The Hall–Kier alpha value is -3.31. The van der Waals surface area contributed by atoms with Crippen molar-refractivity contribution in [3.05, 3.63) is 102 Å². The van der Waals surface area contributed by atoms with Crippen LogP contribution in [0.2, 0.25) is 0 Å². The first kappa shape index (κ1) is 20.4. The molecule has 3 aromatic rings. The van der Waals surface area contributed by atoms with Crippen LogP contribution in [0.1, 0.15) is 29.7 Å². The monoisotopic (exact) mass is 391 g/mol. The number of ether oxygens (including phenoxy) is 2. The smallest absolute Gasteiger partial charge is 0.407 e. The molecule has 0 fully saturated rings. The van der Waals surface area contributed by atoms with Crippen molar-refractivity contribution in [2.45, 2.75) is 32.3 Å². The van der Waals surface area contributed by atoms with Gasteiger partial charge in [-0.1, -0.05) is 72.8 Å². The van der Waals surface area contributed by atoms with Gasteiger partial charge in [0, 0.05) is 0 Å². The predicted molar refractivity (Wildman–Crippen MR) is 111 cm³/mol. The van der Waals surface area contributed by atoms with Gasteiger partial charge in [0.1, 0.15) is 19.0 Å². The van der Waals surface area contributed by atoms with E-state index >= 15 is 0 Å². The second kappa shape index (κ2) is 10.3. The Morgan fingerprint density at radius 1 is 0.862 bits per heavy atom. The quantitative estimate of drug-likeness (QED) is 0.588. The molecule has 0 spiro atoms. The summed E-state index contributed by atoms with van der Waals surface area (Å²) in [4.78, 5) is 12.0. The summed E-state index contributed by atoms with van der Waals surface area (Å²) in [5, 5.41) is 13.2. The maximum atomic E-state index is 12.0. The van der Waals surface area contributed by atoms with Crippen LogP contribution in [0, 0.1) is 0 Å². The van der Waals surface area contributed by atoms with Crippen LogP contribution < -0.4 is 10.1 Å². The van der Waals surface area contributed by atoms with E-state index in [0.717, 1.165) is 11.1 Å². The molecule has 150 valence electrons. The molecule has 0 aromatic heterocycles. The zero-order chi connectivity index (χ0) is 20.5. The summed E-state index contributed by atoms with van der Waals surface area (Å²) < 4.78 is 11.0. The molecule has 29 heavy (non-hydrogen) atoms. The highest BCUT2D eigenvalue weighted by Crippen LogP contribution is 2.21. The Labute approximate surface area is 170 Å². The summed E-state index contributed by atoms with van der Waals surface area (Å²) in [7, 11) is 0. The Morgan fingerprint density at radius 2 is 1.41 bits per heavy atom. The molecule has 2 N–H and O–H groups in total. The van der Waals surface area contributed by atoms with Crippen LogP contribution in [0.5, 0.6) is 5.75 Å². The number of hydrogen-bond acceptors (Lipinski definition) is 4. The number of amides is 1.